The summed E-state index contributed by atoms with van der Waals surface area (Å²) in [5, 5.41) is 3.41. The topological polar surface area (TPSA) is 21.3 Å². The second kappa shape index (κ2) is 8.67. The Bertz CT molecular complexity index is 386. The summed E-state index contributed by atoms with van der Waals surface area (Å²) < 4.78 is 20.5. The predicted octanol–water partition coefficient (Wildman–Crippen LogP) is 3.92. The maximum Gasteiger partial charge on any atom is 0.126 e. The zero-order chi connectivity index (χ0) is 14.3. The summed E-state index contributed by atoms with van der Waals surface area (Å²) >= 11 is 3.39. The van der Waals surface area contributed by atoms with Crippen LogP contribution in [-0.4, -0.2) is 25.3 Å². The fourth-order valence-corrected chi connectivity index (χ4v) is 2.68. The molecule has 0 saturated heterocycles. The van der Waals surface area contributed by atoms with Gasteiger partial charge >= 0.3 is 0 Å². The lowest BCUT2D eigenvalue weighted by atomic mass is 9.99. The summed E-state index contributed by atoms with van der Waals surface area (Å²) in [7, 11) is 0. The molecule has 0 aliphatic heterocycles. The van der Waals surface area contributed by atoms with Gasteiger partial charge in [-0.1, -0.05) is 29.8 Å². The molecule has 1 rings (SSSR count). The van der Waals surface area contributed by atoms with Crippen LogP contribution in [0, 0.1) is 5.82 Å². The lowest BCUT2D eigenvalue weighted by molar-refractivity contribution is 0.0321. The number of benzene rings is 1. The number of hydrogen-bond acceptors (Lipinski definition) is 2. The molecule has 0 bridgehead atoms. The van der Waals surface area contributed by atoms with Crippen molar-refractivity contribution >= 4 is 15.9 Å². The zero-order valence-corrected chi connectivity index (χ0v) is 13.5. The molecular formula is C15H23BrFNO. The van der Waals surface area contributed by atoms with E-state index < -0.39 is 0 Å². The number of likely N-dealkylation sites (N-methyl/N-ethyl adjacent to an activating group) is 1. The summed E-state index contributed by atoms with van der Waals surface area (Å²) in [6.45, 7) is 7.68. The van der Waals surface area contributed by atoms with Crippen LogP contribution in [0.25, 0.3) is 0 Å². The van der Waals surface area contributed by atoms with E-state index in [-0.39, 0.29) is 18.0 Å². The van der Waals surface area contributed by atoms with E-state index in [1.165, 1.54) is 6.07 Å². The predicted molar refractivity (Wildman–Crippen MR) is 81.0 cm³/mol. The molecule has 0 aliphatic rings. The molecule has 0 amide bonds. The van der Waals surface area contributed by atoms with Crippen LogP contribution < -0.4 is 5.32 Å². The number of rotatable bonds is 8. The van der Waals surface area contributed by atoms with Gasteiger partial charge in [0.2, 0.25) is 0 Å². The van der Waals surface area contributed by atoms with Gasteiger partial charge in [-0.05, 0) is 50.1 Å². The quantitative estimate of drug-likeness (QED) is 0.779. The molecule has 0 fully saturated rings. The van der Waals surface area contributed by atoms with Crippen molar-refractivity contribution in [1.29, 1.82) is 0 Å². The Morgan fingerprint density at radius 3 is 2.63 bits per heavy atom. The number of halogens is 2. The van der Waals surface area contributed by atoms with Crippen LogP contribution in [0.1, 0.15) is 32.8 Å². The van der Waals surface area contributed by atoms with Crippen molar-refractivity contribution in [3.05, 3.63) is 34.1 Å². The molecule has 4 heteroatoms. The molecule has 0 radical (unpaired) electrons. The van der Waals surface area contributed by atoms with E-state index in [0.717, 1.165) is 23.0 Å². The Morgan fingerprint density at radius 2 is 2.05 bits per heavy atom. The molecule has 2 nitrogen and oxygen atoms in total. The highest BCUT2D eigenvalue weighted by molar-refractivity contribution is 9.10. The Balaban J connectivity index is 2.84. The van der Waals surface area contributed by atoms with Crippen LogP contribution in [0.2, 0.25) is 0 Å². The first-order valence-corrected chi connectivity index (χ1v) is 7.70. The average molecular weight is 332 g/mol. The first-order valence-electron chi connectivity index (χ1n) is 6.91. The van der Waals surface area contributed by atoms with Crippen LogP contribution in [0.3, 0.4) is 0 Å². The minimum Gasteiger partial charge on any atom is -0.377 e. The SMILES string of the molecule is CCNC(Cc1cc(Br)ccc1F)C(CC)OCC. The molecule has 1 N–H and O–H groups in total. The van der Waals surface area contributed by atoms with Gasteiger partial charge < -0.3 is 10.1 Å². The first-order chi connectivity index (χ1) is 9.12. The highest BCUT2D eigenvalue weighted by atomic mass is 79.9. The van der Waals surface area contributed by atoms with Gasteiger partial charge in [0.1, 0.15) is 5.82 Å². The summed E-state index contributed by atoms with van der Waals surface area (Å²) in [6, 6.07) is 5.21. The van der Waals surface area contributed by atoms with Gasteiger partial charge in [-0.25, -0.2) is 4.39 Å². The Kier molecular flexibility index (Phi) is 7.57. The van der Waals surface area contributed by atoms with Crippen molar-refractivity contribution < 1.29 is 9.13 Å². The highest BCUT2D eigenvalue weighted by Crippen LogP contribution is 2.19. The van der Waals surface area contributed by atoms with Crippen molar-refractivity contribution in [2.24, 2.45) is 0 Å². The van der Waals surface area contributed by atoms with Crippen molar-refractivity contribution in [3.63, 3.8) is 0 Å². The molecule has 2 atom stereocenters. The third-order valence-electron chi connectivity index (χ3n) is 3.15. The second-order valence-electron chi connectivity index (χ2n) is 4.51. The zero-order valence-electron chi connectivity index (χ0n) is 11.9. The molecule has 108 valence electrons. The maximum absolute atomic E-state index is 13.8. The van der Waals surface area contributed by atoms with Crippen LogP contribution in [0.15, 0.2) is 22.7 Å². The fourth-order valence-electron chi connectivity index (χ4n) is 2.27. The third kappa shape index (κ3) is 5.21. The van der Waals surface area contributed by atoms with Crippen LogP contribution >= 0.6 is 15.9 Å². The normalized spacial score (nSPS) is 14.4. The Hall–Kier alpha value is -0.450. The highest BCUT2D eigenvalue weighted by Gasteiger charge is 2.21. The van der Waals surface area contributed by atoms with Crippen molar-refractivity contribution in [2.75, 3.05) is 13.2 Å². The fraction of sp³-hybridized carbons (Fsp3) is 0.600. The van der Waals surface area contributed by atoms with Gasteiger partial charge in [-0.15, -0.1) is 0 Å². The lowest BCUT2D eigenvalue weighted by Gasteiger charge is -2.27. The van der Waals surface area contributed by atoms with Gasteiger partial charge in [0, 0.05) is 17.1 Å². The monoisotopic (exact) mass is 331 g/mol. The van der Waals surface area contributed by atoms with Crippen LogP contribution in [-0.2, 0) is 11.2 Å². The molecule has 0 spiro atoms. The molecule has 2 unspecified atom stereocenters. The smallest absolute Gasteiger partial charge is 0.126 e. The van der Waals surface area contributed by atoms with Gasteiger partial charge in [-0.2, -0.15) is 0 Å². The van der Waals surface area contributed by atoms with Crippen molar-refractivity contribution in [1.82, 2.24) is 5.32 Å². The number of hydrogen-bond donors (Lipinski definition) is 1. The van der Waals surface area contributed by atoms with Crippen LogP contribution in [0.4, 0.5) is 4.39 Å². The molecule has 0 heterocycles. The van der Waals surface area contributed by atoms with E-state index in [1.807, 2.05) is 13.0 Å². The van der Waals surface area contributed by atoms with Crippen molar-refractivity contribution in [2.45, 2.75) is 45.8 Å². The molecule has 1 aromatic rings. The summed E-state index contributed by atoms with van der Waals surface area (Å²) in [4.78, 5) is 0. The van der Waals surface area contributed by atoms with Gasteiger partial charge in [-0.3, -0.25) is 0 Å². The Morgan fingerprint density at radius 1 is 1.32 bits per heavy atom. The minimum atomic E-state index is -0.155. The molecule has 19 heavy (non-hydrogen) atoms. The van der Waals surface area contributed by atoms with E-state index in [4.69, 9.17) is 4.74 Å². The largest absolute Gasteiger partial charge is 0.377 e. The molecule has 0 aliphatic carbocycles. The van der Waals surface area contributed by atoms with E-state index in [2.05, 4.69) is 35.1 Å². The standard InChI is InChI=1S/C15H23BrFNO/c1-4-15(19-6-3)14(18-5-2)10-11-9-12(16)7-8-13(11)17/h7-9,14-15,18H,4-6,10H2,1-3H3. The van der Waals surface area contributed by atoms with Gasteiger partial charge in [0.05, 0.1) is 6.10 Å². The summed E-state index contributed by atoms with van der Waals surface area (Å²) in [6.07, 6.45) is 1.67. The second-order valence-corrected chi connectivity index (χ2v) is 5.42. The molecule has 0 saturated carbocycles. The minimum absolute atomic E-state index is 0.114. The third-order valence-corrected chi connectivity index (χ3v) is 3.64. The molecule has 1 aromatic carbocycles. The van der Waals surface area contributed by atoms with E-state index in [9.17, 15) is 4.39 Å². The lowest BCUT2D eigenvalue weighted by Crippen LogP contribution is -2.43. The van der Waals surface area contributed by atoms with Gasteiger partial charge in [0.15, 0.2) is 0 Å². The Labute approximate surface area is 123 Å². The summed E-state index contributed by atoms with van der Waals surface area (Å²) in [5.41, 5.74) is 0.721. The number of ether oxygens (including phenoxy) is 1. The van der Waals surface area contributed by atoms with E-state index >= 15 is 0 Å². The van der Waals surface area contributed by atoms with Gasteiger partial charge in [0.25, 0.3) is 0 Å². The molecule has 0 aromatic heterocycles. The van der Waals surface area contributed by atoms with Crippen LogP contribution in [0.5, 0.6) is 0 Å². The van der Waals surface area contributed by atoms with Crippen molar-refractivity contribution in [3.8, 4) is 0 Å². The number of nitrogens with one attached hydrogen (secondary N) is 1. The summed E-state index contributed by atoms with van der Waals surface area (Å²) in [5.74, 6) is -0.155. The van der Waals surface area contributed by atoms with E-state index in [0.29, 0.717) is 13.0 Å². The maximum atomic E-state index is 13.8. The van der Waals surface area contributed by atoms with E-state index in [1.54, 1.807) is 6.07 Å². The average Bonchev–Trinajstić information content (AvgIpc) is 2.39. The molecular weight excluding hydrogens is 309 g/mol. The first kappa shape index (κ1) is 16.6.